The molecular weight excluding hydrogens is 296 g/mol. The van der Waals surface area contributed by atoms with E-state index in [1.165, 1.54) is 7.11 Å². The van der Waals surface area contributed by atoms with Gasteiger partial charge < -0.3 is 19.9 Å². The molecule has 0 aliphatic carbocycles. The van der Waals surface area contributed by atoms with Crippen molar-refractivity contribution in [1.82, 2.24) is 15.1 Å². The molecule has 0 aromatic rings. The largest absolute Gasteiger partial charge is 0.469 e. The van der Waals surface area contributed by atoms with Gasteiger partial charge in [-0.2, -0.15) is 0 Å². The van der Waals surface area contributed by atoms with Crippen LogP contribution in [0.3, 0.4) is 0 Å². The molecule has 0 aromatic heterocycles. The SMILES string of the molecule is CCNC(=NCC(=O)N1CCCC1)N1CC(C)C(C(=O)OC)C1. The molecule has 2 aliphatic heterocycles. The van der Waals surface area contributed by atoms with E-state index in [1.807, 2.05) is 23.6 Å². The standard InChI is InChI=1S/C16H28N4O3/c1-4-17-16(18-9-14(21)19-7-5-6-8-19)20-10-12(2)13(11-20)15(22)23-3/h12-13H,4-11H2,1-3H3,(H,17,18). The van der Waals surface area contributed by atoms with Crippen LogP contribution < -0.4 is 5.32 Å². The zero-order valence-electron chi connectivity index (χ0n) is 14.4. The summed E-state index contributed by atoms with van der Waals surface area (Å²) in [5.41, 5.74) is 0. The quantitative estimate of drug-likeness (QED) is 0.458. The van der Waals surface area contributed by atoms with E-state index in [2.05, 4.69) is 10.3 Å². The number of likely N-dealkylation sites (tertiary alicyclic amines) is 2. The van der Waals surface area contributed by atoms with Crippen LogP contribution in [0.1, 0.15) is 26.7 Å². The van der Waals surface area contributed by atoms with E-state index >= 15 is 0 Å². The second-order valence-electron chi connectivity index (χ2n) is 6.27. The van der Waals surface area contributed by atoms with Crippen molar-refractivity contribution in [2.45, 2.75) is 26.7 Å². The number of nitrogens with zero attached hydrogens (tertiary/aromatic N) is 3. The van der Waals surface area contributed by atoms with Gasteiger partial charge in [0.25, 0.3) is 0 Å². The van der Waals surface area contributed by atoms with Gasteiger partial charge in [0.2, 0.25) is 5.91 Å². The van der Waals surface area contributed by atoms with Crippen LogP contribution in [-0.2, 0) is 14.3 Å². The number of carbonyl (C=O) groups excluding carboxylic acids is 2. The van der Waals surface area contributed by atoms with Gasteiger partial charge in [0.1, 0.15) is 6.54 Å². The van der Waals surface area contributed by atoms with E-state index in [4.69, 9.17) is 4.74 Å². The van der Waals surface area contributed by atoms with Crippen molar-refractivity contribution in [3.63, 3.8) is 0 Å². The molecule has 0 aromatic carbocycles. The number of esters is 1. The first-order valence-electron chi connectivity index (χ1n) is 8.45. The molecule has 0 spiro atoms. The van der Waals surface area contributed by atoms with Crippen LogP contribution in [0.5, 0.6) is 0 Å². The average Bonchev–Trinajstić information content (AvgIpc) is 3.20. The third-order valence-electron chi connectivity index (χ3n) is 4.57. The second-order valence-corrected chi connectivity index (χ2v) is 6.27. The Bertz CT molecular complexity index is 460. The van der Waals surface area contributed by atoms with Crippen molar-refractivity contribution in [3.8, 4) is 0 Å². The first-order valence-corrected chi connectivity index (χ1v) is 8.45. The number of hydrogen-bond donors (Lipinski definition) is 1. The Morgan fingerprint density at radius 1 is 1.22 bits per heavy atom. The highest BCUT2D eigenvalue weighted by atomic mass is 16.5. The van der Waals surface area contributed by atoms with Crippen LogP contribution >= 0.6 is 0 Å². The fourth-order valence-corrected chi connectivity index (χ4v) is 3.23. The van der Waals surface area contributed by atoms with Crippen molar-refractivity contribution in [2.75, 3.05) is 46.4 Å². The smallest absolute Gasteiger partial charge is 0.310 e. The molecule has 1 N–H and O–H groups in total. The van der Waals surface area contributed by atoms with Gasteiger partial charge in [-0.15, -0.1) is 0 Å². The van der Waals surface area contributed by atoms with Crippen molar-refractivity contribution in [1.29, 1.82) is 0 Å². The third-order valence-corrected chi connectivity index (χ3v) is 4.57. The van der Waals surface area contributed by atoms with Crippen LogP contribution in [0.15, 0.2) is 4.99 Å². The Morgan fingerprint density at radius 3 is 2.52 bits per heavy atom. The van der Waals surface area contributed by atoms with Crippen LogP contribution in [0.25, 0.3) is 0 Å². The van der Waals surface area contributed by atoms with Crippen LogP contribution in [-0.4, -0.2) is 74.0 Å². The van der Waals surface area contributed by atoms with Crippen molar-refractivity contribution < 1.29 is 14.3 Å². The Hall–Kier alpha value is -1.79. The lowest BCUT2D eigenvalue weighted by Gasteiger charge is -2.22. The van der Waals surface area contributed by atoms with Gasteiger partial charge in [-0.1, -0.05) is 6.92 Å². The van der Waals surface area contributed by atoms with E-state index in [0.29, 0.717) is 12.5 Å². The Morgan fingerprint density at radius 2 is 1.91 bits per heavy atom. The summed E-state index contributed by atoms with van der Waals surface area (Å²) in [6.45, 7) is 7.93. The van der Waals surface area contributed by atoms with Gasteiger partial charge in [0.15, 0.2) is 5.96 Å². The third kappa shape index (κ3) is 4.36. The molecule has 0 bridgehead atoms. The number of rotatable bonds is 4. The molecule has 2 heterocycles. The van der Waals surface area contributed by atoms with Crippen molar-refractivity contribution >= 4 is 17.8 Å². The highest BCUT2D eigenvalue weighted by molar-refractivity contribution is 5.86. The Balaban J connectivity index is 1.98. The molecule has 2 aliphatic rings. The first-order chi connectivity index (χ1) is 11.1. The van der Waals surface area contributed by atoms with Crippen molar-refractivity contribution in [2.24, 2.45) is 16.8 Å². The summed E-state index contributed by atoms with van der Waals surface area (Å²) < 4.78 is 4.87. The predicted molar refractivity (Wildman–Crippen MR) is 88.0 cm³/mol. The number of ether oxygens (including phenoxy) is 1. The number of amides is 1. The molecule has 23 heavy (non-hydrogen) atoms. The molecule has 1 amide bonds. The van der Waals surface area contributed by atoms with E-state index in [-0.39, 0.29) is 30.3 Å². The van der Waals surface area contributed by atoms with Gasteiger partial charge >= 0.3 is 5.97 Å². The molecule has 2 unspecified atom stereocenters. The number of guanidine groups is 1. The average molecular weight is 324 g/mol. The fraction of sp³-hybridized carbons (Fsp3) is 0.812. The summed E-state index contributed by atoms with van der Waals surface area (Å²) in [6.07, 6.45) is 2.17. The molecule has 130 valence electrons. The monoisotopic (exact) mass is 324 g/mol. The highest BCUT2D eigenvalue weighted by Crippen LogP contribution is 2.24. The van der Waals surface area contributed by atoms with Crippen LogP contribution in [0.4, 0.5) is 0 Å². The fourth-order valence-electron chi connectivity index (χ4n) is 3.23. The lowest BCUT2D eigenvalue weighted by Crippen LogP contribution is -2.41. The molecule has 2 atom stereocenters. The summed E-state index contributed by atoms with van der Waals surface area (Å²) in [7, 11) is 1.42. The molecule has 0 saturated carbocycles. The molecule has 7 nitrogen and oxygen atoms in total. The Labute approximate surface area is 138 Å². The number of carbonyl (C=O) groups is 2. The Kier molecular flexibility index (Phi) is 6.24. The lowest BCUT2D eigenvalue weighted by atomic mass is 9.99. The minimum absolute atomic E-state index is 0.0784. The molecule has 2 saturated heterocycles. The molecule has 2 rings (SSSR count). The maximum absolute atomic E-state index is 12.2. The van der Waals surface area contributed by atoms with Gasteiger partial charge in [-0.25, -0.2) is 4.99 Å². The topological polar surface area (TPSA) is 74.2 Å². The van der Waals surface area contributed by atoms with Gasteiger partial charge in [0.05, 0.1) is 13.0 Å². The van der Waals surface area contributed by atoms with Gasteiger partial charge in [0, 0.05) is 32.7 Å². The highest BCUT2D eigenvalue weighted by Gasteiger charge is 2.37. The lowest BCUT2D eigenvalue weighted by molar-refractivity contribution is -0.146. The molecule has 2 fully saturated rings. The van der Waals surface area contributed by atoms with Crippen LogP contribution in [0, 0.1) is 11.8 Å². The summed E-state index contributed by atoms with van der Waals surface area (Å²) in [5, 5.41) is 3.22. The summed E-state index contributed by atoms with van der Waals surface area (Å²) in [5.74, 6) is 0.677. The van der Waals surface area contributed by atoms with Gasteiger partial charge in [-0.05, 0) is 25.7 Å². The predicted octanol–water partition coefficient (Wildman–Crippen LogP) is 0.315. The number of nitrogens with one attached hydrogen (secondary N) is 1. The van der Waals surface area contributed by atoms with E-state index < -0.39 is 0 Å². The summed E-state index contributed by atoms with van der Waals surface area (Å²) in [6, 6.07) is 0. The summed E-state index contributed by atoms with van der Waals surface area (Å²) in [4.78, 5) is 32.4. The minimum Gasteiger partial charge on any atom is -0.469 e. The minimum atomic E-state index is -0.177. The van der Waals surface area contributed by atoms with Gasteiger partial charge in [-0.3, -0.25) is 9.59 Å². The number of aliphatic imine (C=N–C) groups is 1. The van der Waals surface area contributed by atoms with Crippen molar-refractivity contribution in [3.05, 3.63) is 0 Å². The van der Waals surface area contributed by atoms with E-state index in [9.17, 15) is 9.59 Å². The second kappa shape index (κ2) is 8.17. The number of hydrogen-bond acceptors (Lipinski definition) is 4. The normalized spacial score (nSPS) is 24.9. The van der Waals surface area contributed by atoms with Crippen LogP contribution in [0.2, 0.25) is 0 Å². The zero-order valence-corrected chi connectivity index (χ0v) is 14.4. The molecule has 0 radical (unpaired) electrons. The van der Waals surface area contributed by atoms with E-state index in [1.54, 1.807) is 0 Å². The zero-order chi connectivity index (χ0) is 16.8. The molecular formula is C16H28N4O3. The maximum atomic E-state index is 12.2. The first kappa shape index (κ1) is 17.6. The maximum Gasteiger partial charge on any atom is 0.310 e. The number of methoxy groups -OCH3 is 1. The summed E-state index contributed by atoms with van der Waals surface area (Å²) >= 11 is 0. The van der Waals surface area contributed by atoms with E-state index in [0.717, 1.165) is 39.0 Å². The molecule has 7 heteroatoms.